The number of esters is 1. The number of nitrogens with zero attached hydrogens (tertiary/aromatic N) is 1. The van der Waals surface area contributed by atoms with Gasteiger partial charge in [-0.15, -0.1) is 0 Å². The van der Waals surface area contributed by atoms with E-state index >= 15 is 0 Å². The molecular formula is C21H21FN2O5. The number of nitro groups is 1. The smallest absolute Gasteiger partial charge is 0.317 e. The summed E-state index contributed by atoms with van der Waals surface area (Å²) in [6.45, 7) is 1.38. The molecule has 0 aromatic heterocycles. The highest BCUT2D eigenvalue weighted by atomic mass is 19.1. The SMILES string of the molecule is C[C@@H](OC(=O)C1(c2ccccc2F)CCCC1)C(=O)Nc1ccccc1[N+](=O)[O-]. The van der Waals surface area contributed by atoms with E-state index in [0.29, 0.717) is 12.8 Å². The predicted molar refractivity (Wildman–Crippen MR) is 104 cm³/mol. The number of ether oxygens (including phenoxy) is 1. The van der Waals surface area contributed by atoms with Gasteiger partial charge in [-0.25, -0.2) is 4.39 Å². The van der Waals surface area contributed by atoms with Crippen LogP contribution in [0.4, 0.5) is 15.8 Å². The van der Waals surface area contributed by atoms with Gasteiger partial charge in [-0.3, -0.25) is 19.7 Å². The molecule has 0 spiro atoms. The number of hydrogen-bond donors (Lipinski definition) is 1. The van der Waals surface area contributed by atoms with Gasteiger partial charge in [0.2, 0.25) is 0 Å². The Morgan fingerprint density at radius 2 is 1.76 bits per heavy atom. The maximum atomic E-state index is 14.4. The monoisotopic (exact) mass is 400 g/mol. The zero-order valence-corrected chi connectivity index (χ0v) is 15.9. The van der Waals surface area contributed by atoms with Gasteiger partial charge in [-0.2, -0.15) is 0 Å². The summed E-state index contributed by atoms with van der Waals surface area (Å²) >= 11 is 0. The first-order valence-corrected chi connectivity index (χ1v) is 9.35. The number of benzene rings is 2. The molecule has 2 aromatic rings. The lowest BCUT2D eigenvalue weighted by Gasteiger charge is -2.29. The second-order valence-corrected chi connectivity index (χ2v) is 7.08. The molecule has 152 valence electrons. The van der Waals surface area contributed by atoms with E-state index < -0.39 is 34.1 Å². The number of amides is 1. The van der Waals surface area contributed by atoms with Gasteiger partial charge in [-0.05, 0) is 31.9 Å². The van der Waals surface area contributed by atoms with Crippen LogP contribution in [-0.4, -0.2) is 22.9 Å². The van der Waals surface area contributed by atoms with Crippen molar-refractivity contribution in [2.75, 3.05) is 5.32 Å². The number of anilines is 1. The summed E-state index contributed by atoms with van der Waals surface area (Å²) in [7, 11) is 0. The minimum absolute atomic E-state index is 0.00934. The first-order valence-electron chi connectivity index (χ1n) is 9.35. The molecule has 0 saturated heterocycles. The first kappa shape index (κ1) is 20.4. The number of halogens is 1. The van der Waals surface area contributed by atoms with Crippen molar-refractivity contribution in [2.24, 2.45) is 0 Å². The molecule has 3 rings (SSSR count). The molecule has 0 heterocycles. The fourth-order valence-electron chi connectivity index (χ4n) is 3.71. The Labute approximate surface area is 167 Å². The highest BCUT2D eigenvalue weighted by molar-refractivity contribution is 5.97. The molecular weight excluding hydrogens is 379 g/mol. The lowest BCUT2D eigenvalue weighted by atomic mass is 9.78. The summed E-state index contributed by atoms with van der Waals surface area (Å²) in [6.07, 6.45) is 1.17. The van der Waals surface area contributed by atoms with Crippen molar-refractivity contribution in [3.8, 4) is 0 Å². The molecule has 1 aliphatic carbocycles. The van der Waals surface area contributed by atoms with Gasteiger partial charge in [0.05, 0.1) is 10.3 Å². The van der Waals surface area contributed by atoms with Crippen LogP contribution >= 0.6 is 0 Å². The van der Waals surface area contributed by atoms with Gasteiger partial charge in [0.15, 0.2) is 6.10 Å². The third kappa shape index (κ3) is 4.11. The van der Waals surface area contributed by atoms with Crippen molar-refractivity contribution in [3.05, 3.63) is 70.0 Å². The van der Waals surface area contributed by atoms with E-state index in [1.807, 2.05) is 0 Å². The number of nitro benzene ring substituents is 1. The third-order valence-electron chi connectivity index (χ3n) is 5.25. The number of carbonyl (C=O) groups excluding carboxylic acids is 2. The van der Waals surface area contributed by atoms with Crippen LogP contribution in [0.3, 0.4) is 0 Å². The molecule has 2 aromatic carbocycles. The standard InChI is InChI=1S/C21H21FN2O5/c1-14(19(25)23-17-10-4-5-11-18(17)24(27)28)29-20(26)21(12-6-7-13-21)15-8-2-3-9-16(15)22/h2-5,8-11,14H,6-7,12-13H2,1H3,(H,23,25)/t14-/m1/s1. The molecule has 0 aliphatic heterocycles. The van der Waals surface area contributed by atoms with Gasteiger partial charge in [0.25, 0.3) is 11.6 Å². The normalized spacial score (nSPS) is 16.1. The summed E-state index contributed by atoms with van der Waals surface area (Å²) in [6, 6.07) is 11.8. The van der Waals surface area contributed by atoms with Crippen LogP contribution in [0.2, 0.25) is 0 Å². The zero-order chi connectivity index (χ0) is 21.0. The highest BCUT2D eigenvalue weighted by Crippen LogP contribution is 2.43. The molecule has 8 heteroatoms. The number of hydrogen-bond acceptors (Lipinski definition) is 5. The highest BCUT2D eigenvalue weighted by Gasteiger charge is 2.46. The van der Waals surface area contributed by atoms with E-state index in [1.54, 1.807) is 24.3 Å². The molecule has 1 aliphatic rings. The lowest BCUT2D eigenvalue weighted by molar-refractivity contribution is -0.383. The van der Waals surface area contributed by atoms with E-state index in [9.17, 15) is 24.1 Å². The summed E-state index contributed by atoms with van der Waals surface area (Å²) in [5.74, 6) is -1.84. The lowest BCUT2D eigenvalue weighted by Crippen LogP contribution is -2.40. The summed E-state index contributed by atoms with van der Waals surface area (Å²) in [4.78, 5) is 35.9. The molecule has 0 bridgehead atoms. The van der Waals surface area contributed by atoms with E-state index in [2.05, 4.69) is 5.32 Å². The van der Waals surface area contributed by atoms with Crippen molar-refractivity contribution in [2.45, 2.75) is 44.1 Å². The number of para-hydroxylation sites is 2. The minimum atomic E-state index is -1.20. The summed E-state index contributed by atoms with van der Waals surface area (Å²) in [5.41, 5.74) is -1.11. The maximum absolute atomic E-state index is 14.4. The van der Waals surface area contributed by atoms with Crippen LogP contribution in [0, 0.1) is 15.9 Å². The van der Waals surface area contributed by atoms with Gasteiger partial charge < -0.3 is 10.1 Å². The quantitative estimate of drug-likeness (QED) is 0.447. The Kier molecular flexibility index (Phi) is 5.91. The first-order chi connectivity index (χ1) is 13.8. The molecule has 7 nitrogen and oxygen atoms in total. The Bertz CT molecular complexity index is 940. The van der Waals surface area contributed by atoms with Crippen LogP contribution in [0.5, 0.6) is 0 Å². The summed E-state index contributed by atoms with van der Waals surface area (Å²) in [5, 5.41) is 13.5. The van der Waals surface area contributed by atoms with Gasteiger partial charge in [0.1, 0.15) is 11.5 Å². The fraction of sp³-hybridized carbons (Fsp3) is 0.333. The fourth-order valence-corrected chi connectivity index (χ4v) is 3.71. The average molecular weight is 400 g/mol. The third-order valence-corrected chi connectivity index (χ3v) is 5.25. The van der Waals surface area contributed by atoms with Crippen LogP contribution < -0.4 is 5.32 Å². The number of nitrogens with one attached hydrogen (secondary N) is 1. The van der Waals surface area contributed by atoms with Crippen LogP contribution in [0.25, 0.3) is 0 Å². The Morgan fingerprint density at radius 1 is 1.14 bits per heavy atom. The van der Waals surface area contributed by atoms with Gasteiger partial charge in [-0.1, -0.05) is 43.2 Å². The van der Waals surface area contributed by atoms with E-state index in [0.717, 1.165) is 12.8 Å². The van der Waals surface area contributed by atoms with E-state index in [-0.39, 0.29) is 16.9 Å². The maximum Gasteiger partial charge on any atom is 0.317 e. The largest absolute Gasteiger partial charge is 0.452 e. The predicted octanol–water partition coefficient (Wildman–Crippen LogP) is 4.12. The summed E-state index contributed by atoms with van der Waals surface area (Å²) < 4.78 is 19.8. The molecule has 1 saturated carbocycles. The molecule has 1 N–H and O–H groups in total. The molecule has 0 unspecified atom stereocenters. The number of carbonyl (C=O) groups is 2. The van der Waals surface area contributed by atoms with E-state index in [4.69, 9.17) is 4.74 Å². The average Bonchev–Trinajstić information content (AvgIpc) is 3.19. The van der Waals surface area contributed by atoms with Crippen molar-refractivity contribution in [3.63, 3.8) is 0 Å². The Morgan fingerprint density at radius 3 is 2.41 bits per heavy atom. The van der Waals surface area contributed by atoms with Crippen LogP contribution in [0.15, 0.2) is 48.5 Å². The van der Waals surface area contributed by atoms with Crippen molar-refractivity contribution in [1.82, 2.24) is 0 Å². The van der Waals surface area contributed by atoms with Gasteiger partial charge in [0, 0.05) is 11.6 Å². The molecule has 1 amide bonds. The topological polar surface area (TPSA) is 98.5 Å². The minimum Gasteiger partial charge on any atom is -0.452 e. The van der Waals surface area contributed by atoms with Crippen LogP contribution in [0.1, 0.15) is 38.2 Å². The number of rotatable bonds is 6. The second-order valence-electron chi connectivity index (χ2n) is 7.08. The van der Waals surface area contributed by atoms with Gasteiger partial charge >= 0.3 is 5.97 Å². The van der Waals surface area contributed by atoms with Crippen LogP contribution in [-0.2, 0) is 19.7 Å². The Balaban J connectivity index is 1.76. The second kappa shape index (κ2) is 8.38. The van der Waals surface area contributed by atoms with Crippen molar-refractivity contribution < 1.29 is 23.6 Å². The molecule has 29 heavy (non-hydrogen) atoms. The van der Waals surface area contributed by atoms with Crippen molar-refractivity contribution in [1.29, 1.82) is 0 Å². The molecule has 0 radical (unpaired) electrons. The molecule has 1 fully saturated rings. The molecule has 1 atom stereocenters. The Hall–Kier alpha value is -3.29. The van der Waals surface area contributed by atoms with E-state index in [1.165, 1.54) is 31.2 Å². The zero-order valence-electron chi connectivity index (χ0n) is 15.9. The van der Waals surface area contributed by atoms with Crippen molar-refractivity contribution >= 4 is 23.3 Å².